The largest absolute Gasteiger partial charge is 0.465 e. The third-order valence-corrected chi connectivity index (χ3v) is 7.44. The molecule has 13 heteroatoms. The Labute approximate surface area is 247 Å². The third kappa shape index (κ3) is 6.31. The van der Waals surface area contributed by atoms with Gasteiger partial charge in [0.25, 0.3) is 0 Å². The van der Waals surface area contributed by atoms with Gasteiger partial charge in [-0.25, -0.2) is 23.8 Å². The topological polar surface area (TPSA) is 152 Å². The summed E-state index contributed by atoms with van der Waals surface area (Å²) >= 11 is 0. The van der Waals surface area contributed by atoms with E-state index in [1.807, 2.05) is 0 Å². The molecule has 3 N–H and O–H groups in total. The summed E-state index contributed by atoms with van der Waals surface area (Å²) in [4.78, 5) is 47.2. The maximum atomic E-state index is 16.4. The molecule has 2 aromatic heterocycles. The number of hydrogen-bond acceptors (Lipinski definition) is 8. The van der Waals surface area contributed by atoms with Gasteiger partial charge in [-0.3, -0.25) is 20.5 Å². The van der Waals surface area contributed by atoms with Crippen molar-refractivity contribution in [2.24, 2.45) is 0 Å². The van der Waals surface area contributed by atoms with Crippen LogP contribution in [0.5, 0.6) is 0 Å². The van der Waals surface area contributed by atoms with Crippen molar-refractivity contribution < 1.29 is 38.1 Å². The summed E-state index contributed by atoms with van der Waals surface area (Å²) in [7, 11) is 1.60. The maximum absolute atomic E-state index is 16.4. The van der Waals surface area contributed by atoms with Crippen LogP contribution in [0.1, 0.15) is 51.3 Å². The number of ether oxygens (including phenoxy) is 3. The average molecular weight is 596 g/mol. The van der Waals surface area contributed by atoms with Crippen LogP contribution in [0.2, 0.25) is 0 Å². The number of nitrogens with zero attached hydrogens (tertiary/aromatic N) is 3. The molecule has 2 aliphatic rings. The summed E-state index contributed by atoms with van der Waals surface area (Å²) in [6.07, 6.45) is 2.37. The van der Waals surface area contributed by atoms with Gasteiger partial charge in [-0.15, -0.1) is 0 Å². The number of rotatable bonds is 5. The predicted molar refractivity (Wildman–Crippen MR) is 157 cm³/mol. The molecule has 0 radical (unpaired) electrons. The Balaban J connectivity index is 1.57. The van der Waals surface area contributed by atoms with Gasteiger partial charge in [-0.05, 0) is 63.6 Å². The molecule has 0 saturated heterocycles. The molecule has 0 unspecified atom stereocenters. The van der Waals surface area contributed by atoms with E-state index in [2.05, 4.69) is 20.6 Å². The van der Waals surface area contributed by atoms with Crippen molar-refractivity contribution in [3.63, 3.8) is 0 Å². The van der Waals surface area contributed by atoms with E-state index in [0.717, 1.165) is 0 Å². The molecule has 1 fully saturated rings. The second-order valence-electron chi connectivity index (χ2n) is 11.6. The van der Waals surface area contributed by atoms with Crippen LogP contribution in [0.25, 0.3) is 21.9 Å². The van der Waals surface area contributed by atoms with Gasteiger partial charge in [0.1, 0.15) is 17.5 Å². The van der Waals surface area contributed by atoms with Crippen LogP contribution in [0.3, 0.4) is 0 Å². The number of aromatic nitrogens is 2. The Morgan fingerprint density at radius 2 is 1.79 bits per heavy atom. The van der Waals surface area contributed by atoms with Crippen molar-refractivity contribution in [3.8, 4) is 11.1 Å². The number of carboxylic acid groups (broad SMARTS) is 1. The normalized spacial score (nSPS) is 18.0. The molecular formula is C30H34FN5O7. The molecule has 3 amide bonds. The van der Waals surface area contributed by atoms with Crippen molar-refractivity contribution >= 4 is 46.2 Å². The van der Waals surface area contributed by atoms with E-state index in [4.69, 9.17) is 14.2 Å². The maximum Gasteiger partial charge on any atom is 0.413 e. The molecule has 0 spiro atoms. The second-order valence-corrected chi connectivity index (χ2v) is 11.6. The number of aryl methyl sites for hydroxylation is 1. The minimum atomic E-state index is -1.12. The summed E-state index contributed by atoms with van der Waals surface area (Å²) in [5.41, 5.74) is 0.955. The summed E-state index contributed by atoms with van der Waals surface area (Å²) in [5.74, 6) is -0.626. The van der Waals surface area contributed by atoms with Crippen LogP contribution in [-0.4, -0.2) is 64.8 Å². The standard InChI is InChI=1S/C30H34FN5O7/c1-15-20(13-32-22-7-6-8-36(26(15)22)29(39)40)19-9-16-10-23(34-27(37)42-18-11-17(12-18)41-5)33-14-21(16)25(24(19)31)35-28(38)43-30(2,3)4/h9-10,13-14,17-18H,6-8,11-12H2,1-5H3,(H,35,38)(H,39,40)(H,33,34,37)/t17-,18-. The summed E-state index contributed by atoms with van der Waals surface area (Å²) < 4.78 is 32.3. The van der Waals surface area contributed by atoms with Gasteiger partial charge in [0.15, 0.2) is 5.82 Å². The molecular weight excluding hydrogens is 561 g/mol. The zero-order valence-electron chi connectivity index (χ0n) is 24.6. The number of benzene rings is 1. The lowest BCUT2D eigenvalue weighted by Crippen LogP contribution is -2.39. The lowest BCUT2D eigenvalue weighted by Gasteiger charge is -2.33. The number of carbonyl (C=O) groups excluding carboxylic acids is 2. The summed E-state index contributed by atoms with van der Waals surface area (Å²) in [6.45, 7) is 7.07. The number of fused-ring (bicyclic) bond motifs is 2. The van der Waals surface area contributed by atoms with Crippen LogP contribution < -0.4 is 15.5 Å². The second kappa shape index (κ2) is 11.6. The highest BCUT2D eigenvalue weighted by Crippen LogP contribution is 2.41. The number of pyridine rings is 2. The highest BCUT2D eigenvalue weighted by molar-refractivity contribution is 6.04. The lowest BCUT2D eigenvalue weighted by atomic mass is 9.92. The molecule has 228 valence electrons. The van der Waals surface area contributed by atoms with E-state index in [9.17, 15) is 19.5 Å². The van der Waals surface area contributed by atoms with Gasteiger partial charge in [-0.2, -0.15) is 0 Å². The molecule has 1 aliphatic heterocycles. The van der Waals surface area contributed by atoms with Crippen molar-refractivity contribution in [2.75, 3.05) is 29.2 Å². The number of anilines is 3. The molecule has 0 bridgehead atoms. The number of amides is 3. The smallest absolute Gasteiger partial charge is 0.413 e. The molecule has 5 rings (SSSR count). The van der Waals surface area contributed by atoms with Crippen LogP contribution in [-0.2, 0) is 20.6 Å². The molecule has 3 aromatic rings. The zero-order chi connectivity index (χ0) is 31.1. The Morgan fingerprint density at radius 1 is 1.05 bits per heavy atom. The Morgan fingerprint density at radius 3 is 2.47 bits per heavy atom. The first-order valence-corrected chi connectivity index (χ1v) is 14.0. The highest BCUT2D eigenvalue weighted by atomic mass is 19.1. The fraction of sp³-hybridized carbons (Fsp3) is 0.433. The van der Waals surface area contributed by atoms with Gasteiger partial charge in [-0.1, -0.05) is 0 Å². The van der Waals surface area contributed by atoms with Gasteiger partial charge in [0, 0.05) is 55.4 Å². The van der Waals surface area contributed by atoms with Gasteiger partial charge < -0.3 is 19.3 Å². The highest BCUT2D eigenvalue weighted by Gasteiger charge is 2.32. The number of nitrogens with one attached hydrogen (secondary N) is 2. The first-order chi connectivity index (χ1) is 20.3. The predicted octanol–water partition coefficient (Wildman–Crippen LogP) is 6.25. The van der Waals surface area contributed by atoms with Crippen LogP contribution in [0.15, 0.2) is 24.5 Å². The van der Waals surface area contributed by atoms with Gasteiger partial charge in [0.05, 0.1) is 23.2 Å². The molecule has 1 saturated carbocycles. The molecule has 1 aliphatic carbocycles. The first kappa shape index (κ1) is 30.0. The number of hydrogen-bond donors (Lipinski definition) is 3. The summed E-state index contributed by atoms with van der Waals surface area (Å²) in [6, 6.07) is 3.08. The molecule has 0 atom stereocenters. The molecule has 12 nitrogen and oxygen atoms in total. The Kier molecular flexibility index (Phi) is 8.10. The van der Waals surface area contributed by atoms with Crippen molar-refractivity contribution in [3.05, 3.63) is 41.6 Å². The fourth-order valence-electron chi connectivity index (χ4n) is 5.32. The summed E-state index contributed by atoms with van der Waals surface area (Å²) in [5, 5.41) is 15.6. The fourth-order valence-corrected chi connectivity index (χ4v) is 5.32. The van der Waals surface area contributed by atoms with Gasteiger partial charge in [0.2, 0.25) is 0 Å². The monoisotopic (exact) mass is 595 g/mol. The van der Waals surface area contributed by atoms with Crippen LogP contribution in [0, 0.1) is 12.7 Å². The van der Waals surface area contributed by atoms with E-state index in [0.29, 0.717) is 60.1 Å². The third-order valence-electron chi connectivity index (χ3n) is 7.44. The van der Waals surface area contributed by atoms with Crippen LogP contribution in [0.4, 0.5) is 36.0 Å². The Bertz CT molecular complexity index is 1600. The average Bonchev–Trinajstić information content (AvgIpc) is 2.91. The van der Waals surface area contributed by atoms with E-state index < -0.39 is 29.7 Å². The Hall–Kier alpha value is -4.52. The number of carbonyl (C=O) groups is 3. The quantitative estimate of drug-likeness (QED) is 0.311. The minimum Gasteiger partial charge on any atom is -0.465 e. The van der Waals surface area contributed by atoms with E-state index in [1.165, 1.54) is 23.4 Å². The van der Waals surface area contributed by atoms with E-state index >= 15 is 4.39 Å². The zero-order valence-corrected chi connectivity index (χ0v) is 24.6. The first-order valence-electron chi connectivity index (χ1n) is 14.0. The van der Waals surface area contributed by atoms with Crippen molar-refractivity contribution in [2.45, 2.75) is 71.2 Å². The van der Waals surface area contributed by atoms with Crippen LogP contribution >= 0.6 is 0 Å². The number of methoxy groups -OCH3 is 1. The van der Waals surface area contributed by atoms with Gasteiger partial charge >= 0.3 is 18.3 Å². The molecule has 3 heterocycles. The van der Waals surface area contributed by atoms with E-state index in [1.54, 1.807) is 40.9 Å². The van der Waals surface area contributed by atoms with E-state index in [-0.39, 0.29) is 34.7 Å². The minimum absolute atomic E-state index is 0.0601. The SMILES string of the molecule is CO[C@H]1C[C@H](OC(=O)Nc2cc3cc(-c4cnc5c(c4C)N(C(=O)O)CCC5)c(F)c(NC(=O)OC(C)(C)C)c3cn2)C1. The number of halogens is 1. The van der Waals surface area contributed by atoms with Crippen molar-refractivity contribution in [1.29, 1.82) is 0 Å². The molecule has 1 aromatic carbocycles. The lowest BCUT2D eigenvalue weighted by molar-refractivity contribution is -0.0532. The molecule has 43 heavy (non-hydrogen) atoms. The van der Waals surface area contributed by atoms with Crippen molar-refractivity contribution in [1.82, 2.24) is 9.97 Å².